The molecule has 82 valence electrons. The Morgan fingerprint density at radius 1 is 1.47 bits per heavy atom. The number of rotatable bonds is 4. The van der Waals surface area contributed by atoms with Crippen molar-refractivity contribution in [1.29, 1.82) is 0 Å². The first-order valence-corrected chi connectivity index (χ1v) is 5.77. The standard InChI is InChI=1S/C11H13FO2S/c1-3-14-11(13)10-8(12)6-5-7-9(10)15-4-2/h5-7H,3-4H2,1-2H3. The molecule has 0 amide bonds. The number of benzene rings is 1. The molecule has 1 aromatic rings. The third-order valence-electron chi connectivity index (χ3n) is 1.75. The Labute approximate surface area is 92.8 Å². The summed E-state index contributed by atoms with van der Waals surface area (Å²) in [5.41, 5.74) is 0.0474. The normalized spacial score (nSPS) is 10.1. The lowest BCUT2D eigenvalue weighted by molar-refractivity contribution is 0.0516. The van der Waals surface area contributed by atoms with Gasteiger partial charge < -0.3 is 4.74 Å². The van der Waals surface area contributed by atoms with E-state index in [2.05, 4.69) is 0 Å². The van der Waals surface area contributed by atoms with Crippen LogP contribution in [0.25, 0.3) is 0 Å². The molecule has 0 saturated carbocycles. The van der Waals surface area contributed by atoms with E-state index in [1.165, 1.54) is 17.8 Å². The molecule has 4 heteroatoms. The zero-order valence-electron chi connectivity index (χ0n) is 8.75. The lowest BCUT2D eigenvalue weighted by atomic mass is 10.2. The molecule has 0 saturated heterocycles. The quantitative estimate of drug-likeness (QED) is 0.585. The number of thioether (sulfide) groups is 1. The second kappa shape index (κ2) is 5.75. The molecule has 1 rings (SSSR count). The molecule has 2 nitrogen and oxygen atoms in total. The maximum absolute atomic E-state index is 13.4. The summed E-state index contributed by atoms with van der Waals surface area (Å²) in [6, 6.07) is 4.59. The highest BCUT2D eigenvalue weighted by Crippen LogP contribution is 2.25. The maximum Gasteiger partial charge on any atom is 0.342 e. The molecular formula is C11H13FO2S. The molecule has 0 atom stereocenters. The summed E-state index contributed by atoms with van der Waals surface area (Å²) in [4.78, 5) is 12.1. The van der Waals surface area contributed by atoms with E-state index in [1.54, 1.807) is 19.1 Å². The number of carbonyl (C=O) groups is 1. The Hall–Kier alpha value is -1.03. The van der Waals surface area contributed by atoms with E-state index >= 15 is 0 Å². The van der Waals surface area contributed by atoms with Crippen LogP contribution in [0.2, 0.25) is 0 Å². The first kappa shape index (κ1) is 12.0. The minimum Gasteiger partial charge on any atom is -0.462 e. The van der Waals surface area contributed by atoms with Crippen molar-refractivity contribution in [1.82, 2.24) is 0 Å². The molecule has 0 aliphatic heterocycles. The molecule has 0 heterocycles. The molecule has 0 fully saturated rings. The molecule has 0 aliphatic carbocycles. The van der Waals surface area contributed by atoms with Gasteiger partial charge in [-0.15, -0.1) is 11.8 Å². The monoisotopic (exact) mass is 228 g/mol. The van der Waals surface area contributed by atoms with Gasteiger partial charge >= 0.3 is 5.97 Å². The molecule has 0 aliphatic rings. The molecular weight excluding hydrogens is 215 g/mol. The van der Waals surface area contributed by atoms with E-state index in [4.69, 9.17) is 4.74 Å². The predicted molar refractivity (Wildman–Crippen MR) is 58.8 cm³/mol. The molecule has 0 radical (unpaired) electrons. The first-order valence-electron chi connectivity index (χ1n) is 4.79. The number of hydrogen-bond donors (Lipinski definition) is 0. The van der Waals surface area contributed by atoms with Crippen LogP contribution in [0.3, 0.4) is 0 Å². The van der Waals surface area contributed by atoms with Crippen LogP contribution < -0.4 is 0 Å². The highest BCUT2D eigenvalue weighted by atomic mass is 32.2. The van der Waals surface area contributed by atoms with Crippen LogP contribution in [-0.4, -0.2) is 18.3 Å². The second-order valence-electron chi connectivity index (χ2n) is 2.77. The van der Waals surface area contributed by atoms with Crippen molar-refractivity contribution in [3.63, 3.8) is 0 Å². The van der Waals surface area contributed by atoms with Crippen LogP contribution in [-0.2, 0) is 4.74 Å². The van der Waals surface area contributed by atoms with E-state index in [0.29, 0.717) is 4.90 Å². The van der Waals surface area contributed by atoms with E-state index in [0.717, 1.165) is 5.75 Å². The van der Waals surface area contributed by atoms with Gasteiger partial charge in [-0.2, -0.15) is 0 Å². The largest absolute Gasteiger partial charge is 0.462 e. The molecule has 1 aromatic carbocycles. The van der Waals surface area contributed by atoms with Crippen molar-refractivity contribution in [3.8, 4) is 0 Å². The molecule has 0 bridgehead atoms. The Balaban J connectivity index is 3.06. The fourth-order valence-corrected chi connectivity index (χ4v) is 1.99. The summed E-state index contributed by atoms with van der Waals surface area (Å²) in [5.74, 6) is -0.325. The average molecular weight is 228 g/mol. The van der Waals surface area contributed by atoms with Gasteiger partial charge in [-0.05, 0) is 24.8 Å². The van der Waals surface area contributed by atoms with Crippen LogP contribution in [0, 0.1) is 5.82 Å². The number of esters is 1. The number of carbonyl (C=O) groups excluding carboxylic acids is 1. The summed E-state index contributed by atoms with van der Waals surface area (Å²) in [6.45, 7) is 3.90. The second-order valence-corrected chi connectivity index (χ2v) is 4.07. The van der Waals surface area contributed by atoms with Gasteiger partial charge in [0.1, 0.15) is 11.4 Å². The first-order chi connectivity index (χ1) is 7.20. The van der Waals surface area contributed by atoms with E-state index < -0.39 is 11.8 Å². The third-order valence-corrected chi connectivity index (χ3v) is 2.69. The Morgan fingerprint density at radius 2 is 2.20 bits per heavy atom. The zero-order chi connectivity index (χ0) is 11.3. The Kier molecular flexibility index (Phi) is 4.62. The molecule has 0 spiro atoms. The van der Waals surface area contributed by atoms with Gasteiger partial charge in [-0.25, -0.2) is 9.18 Å². The fraction of sp³-hybridized carbons (Fsp3) is 0.364. The van der Waals surface area contributed by atoms with Crippen molar-refractivity contribution in [2.24, 2.45) is 0 Å². The minimum absolute atomic E-state index is 0.0474. The smallest absolute Gasteiger partial charge is 0.342 e. The molecule has 0 unspecified atom stereocenters. The fourth-order valence-electron chi connectivity index (χ4n) is 1.18. The number of ether oxygens (including phenoxy) is 1. The van der Waals surface area contributed by atoms with Crippen LogP contribution in [0.1, 0.15) is 24.2 Å². The predicted octanol–water partition coefficient (Wildman–Crippen LogP) is 3.11. The van der Waals surface area contributed by atoms with Gasteiger partial charge in [-0.3, -0.25) is 0 Å². The maximum atomic E-state index is 13.4. The van der Waals surface area contributed by atoms with Crippen LogP contribution >= 0.6 is 11.8 Å². The van der Waals surface area contributed by atoms with Gasteiger partial charge in [0.15, 0.2) is 0 Å². The van der Waals surface area contributed by atoms with Crippen LogP contribution in [0.5, 0.6) is 0 Å². The molecule has 0 N–H and O–H groups in total. The highest BCUT2D eigenvalue weighted by Gasteiger charge is 2.17. The SMILES string of the molecule is CCOC(=O)c1c(F)cccc1SCC. The van der Waals surface area contributed by atoms with Crippen molar-refractivity contribution in [3.05, 3.63) is 29.6 Å². The summed E-state index contributed by atoms with van der Waals surface area (Å²) < 4.78 is 18.2. The van der Waals surface area contributed by atoms with Gasteiger partial charge in [-0.1, -0.05) is 13.0 Å². The van der Waals surface area contributed by atoms with Crippen molar-refractivity contribution in [2.75, 3.05) is 12.4 Å². The summed E-state index contributed by atoms with van der Waals surface area (Å²) >= 11 is 1.43. The molecule has 15 heavy (non-hydrogen) atoms. The van der Waals surface area contributed by atoms with Gasteiger partial charge in [0.2, 0.25) is 0 Å². The van der Waals surface area contributed by atoms with Crippen LogP contribution in [0.4, 0.5) is 4.39 Å². The molecule has 0 aromatic heterocycles. The third kappa shape index (κ3) is 2.96. The Morgan fingerprint density at radius 3 is 2.80 bits per heavy atom. The summed E-state index contributed by atoms with van der Waals surface area (Å²) in [7, 11) is 0. The topological polar surface area (TPSA) is 26.3 Å². The minimum atomic E-state index is -0.591. The van der Waals surface area contributed by atoms with Crippen molar-refractivity contribution < 1.29 is 13.9 Å². The zero-order valence-corrected chi connectivity index (χ0v) is 9.57. The number of hydrogen-bond acceptors (Lipinski definition) is 3. The Bertz CT molecular complexity index is 352. The number of halogens is 1. The van der Waals surface area contributed by atoms with E-state index in [9.17, 15) is 9.18 Å². The lowest BCUT2D eigenvalue weighted by Gasteiger charge is -2.08. The van der Waals surface area contributed by atoms with Crippen LogP contribution in [0.15, 0.2) is 23.1 Å². The summed E-state index contributed by atoms with van der Waals surface area (Å²) in [5, 5.41) is 0. The lowest BCUT2D eigenvalue weighted by Crippen LogP contribution is -2.08. The van der Waals surface area contributed by atoms with Crippen molar-refractivity contribution in [2.45, 2.75) is 18.7 Å². The van der Waals surface area contributed by atoms with Crippen molar-refractivity contribution >= 4 is 17.7 Å². The van der Waals surface area contributed by atoms with Gasteiger partial charge in [0.05, 0.1) is 6.61 Å². The highest BCUT2D eigenvalue weighted by molar-refractivity contribution is 7.99. The van der Waals surface area contributed by atoms with E-state index in [-0.39, 0.29) is 12.2 Å². The van der Waals surface area contributed by atoms with Gasteiger partial charge in [0.25, 0.3) is 0 Å². The summed E-state index contributed by atoms with van der Waals surface area (Å²) in [6.07, 6.45) is 0. The van der Waals surface area contributed by atoms with Gasteiger partial charge in [0, 0.05) is 4.90 Å². The average Bonchev–Trinajstić information content (AvgIpc) is 2.18. The van der Waals surface area contributed by atoms with E-state index in [1.807, 2.05) is 6.92 Å².